The molecule has 12 heavy (non-hydrogen) atoms. The van der Waals surface area contributed by atoms with Crippen LogP contribution in [0.5, 0.6) is 0 Å². The molecule has 4 heteroatoms. The minimum atomic E-state index is 0.533. The summed E-state index contributed by atoms with van der Waals surface area (Å²) in [5.74, 6) is 1.50. The fraction of sp³-hybridized carbons (Fsp3) is 0.250. The van der Waals surface area contributed by atoms with Gasteiger partial charge in [-0.05, 0) is 6.92 Å². The number of rotatable bonds is 0. The summed E-state index contributed by atoms with van der Waals surface area (Å²) in [6, 6.07) is 1.83. The summed E-state index contributed by atoms with van der Waals surface area (Å²) in [5.41, 5.74) is 7.47. The van der Waals surface area contributed by atoms with E-state index in [1.54, 1.807) is 6.20 Å². The molecule has 0 amide bonds. The molecular formula is C8H10N4. The quantitative estimate of drug-likeness (QED) is 0.625. The lowest BCUT2D eigenvalue weighted by Crippen LogP contribution is -1.92. The molecule has 2 aromatic rings. The highest BCUT2D eigenvalue weighted by molar-refractivity contribution is 5.77. The highest BCUT2D eigenvalue weighted by Crippen LogP contribution is 2.14. The number of aryl methyl sites for hydroxylation is 2. The van der Waals surface area contributed by atoms with Crippen molar-refractivity contribution < 1.29 is 0 Å². The minimum Gasteiger partial charge on any atom is -0.384 e. The van der Waals surface area contributed by atoms with Gasteiger partial charge in [0.15, 0.2) is 0 Å². The Labute approximate surface area is 70.0 Å². The number of nitrogens with two attached hydrogens (primary N) is 1. The minimum absolute atomic E-state index is 0.533. The maximum Gasteiger partial charge on any atom is 0.125 e. The molecule has 0 radical (unpaired) electrons. The summed E-state index contributed by atoms with van der Waals surface area (Å²) in [7, 11) is 1.96. The van der Waals surface area contributed by atoms with Crippen LogP contribution in [-0.4, -0.2) is 14.5 Å². The van der Waals surface area contributed by atoms with Gasteiger partial charge in [-0.1, -0.05) is 0 Å². The van der Waals surface area contributed by atoms with Crippen molar-refractivity contribution in [2.45, 2.75) is 6.92 Å². The maximum atomic E-state index is 5.55. The van der Waals surface area contributed by atoms with Crippen molar-refractivity contribution in [1.29, 1.82) is 0 Å². The van der Waals surface area contributed by atoms with E-state index in [4.69, 9.17) is 5.73 Å². The van der Waals surface area contributed by atoms with Crippen LogP contribution in [0.1, 0.15) is 5.82 Å². The average molecular weight is 162 g/mol. The van der Waals surface area contributed by atoms with Crippen molar-refractivity contribution in [3.8, 4) is 0 Å². The Hall–Kier alpha value is -1.58. The molecule has 2 rings (SSSR count). The van der Waals surface area contributed by atoms with Crippen LogP contribution in [0.15, 0.2) is 12.3 Å². The van der Waals surface area contributed by atoms with Crippen molar-refractivity contribution in [1.82, 2.24) is 14.5 Å². The van der Waals surface area contributed by atoms with Crippen molar-refractivity contribution >= 4 is 16.9 Å². The van der Waals surface area contributed by atoms with Crippen LogP contribution in [0, 0.1) is 6.92 Å². The van der Waals surface area contributed by atoms with E-state index >= 15 is 0 Å². The number of aromatic nitrogens is 3. The number of anilines is 1. The van der Waals surface area contributed by atoms with E-state index in [1.165, 1.54) is 0 Å². The lowest BCUT2D eigenvalue weighted by atomic mass is 10.4. The summed E-state index contributed by atoms with van der Waals surface area (Å²) in [4.78, 5) is 8.26. The molecule has 0 aliphatic heterocycles. The smallest absolute Gasteiger partial charge is 0.125 e. The van der Waals surface area contributed by atoms with Gasteiger partial charge >= 0.3 is 0 Å². The molecule has 0 spiro atoms. The summed E-state index contributed by atoms with van der Waals surface area (Å²) >= 11 is 0. The van der Waals surface area contributed by atoms with Gasteiger partial charge in [-0.15, -0.1) is 0 Å². The third-order valence-electron chi connectivity index (χ3n) is 2.01. The molecule has 0 aliphatic rings. The normalized spacial score (nSPS) is 10.8. The van der Waals surface area contributed by atoms with Gasteiger partial charge in [0.25, 0.3) is 0 Å². The highest BCUT2D eigenvalue weighted by atomic mass is 15.1. The third-order valence-corrected chi connectivity index (χ3v) is 2.01. The first-order valence-electron chi connectivity index (χ1n) is 3.73. The first kappa shape index (κ1) is 7.09. The van der Waals surface area contributed by atoms with Gasteiger partial charge in [-0.3, -0.25) is 0 Å². The van der Waals surface area contributed by atoms with E-state index < -0.39 is 0 Å². The Morgan fingerprint density at radius 1 is 1.50 bits per heavy atom. The van der Waals surface area contributed by atoms with E-state index in [2.05, 4.69) is 9.97 Å². The lowest BCUT2D eigenvalue weighted by molar-refractivity contribution is 0.886. The van der Waals surface area contributed by atoms with Crippen molar-refractivity contribution in [3.05, 3.63) is 18.1 Å². The van der Waals surface area contributed by atoms with E-state index in [0.717, 1.165) is 16.9 Å². The maximum absolute atomic E-state index is 5.55. The number of nitrogens with zero attached hydrogens (tertiary/aromatic N) is 3. The summed E-state index contributed by atoms with van der Waals surface area (Å²) < 4.78 is 1.99. The lowest BCUT2D eigenvalue weighted by Gasteiger charge is -1.96. The third kappa shape index (κ3) is 0.845. The Kier molecular flexibility index (Phi) is 1.30. The second-order valence-electron chi connectivity index (χ2n) is 2.82. The second-order valence-corrected chi connectivity index (χ2v) is 2.82. The SMILES string of the molecule is Cc1nc2cnc(N)cc2n1C. The molecule has 0 aromatic carbocycles. The van der Waals surface area contributed by atoms with Crippen LogP contribution in [0.25, 0.3) is 11.0 Å². The molecule has 2 aromatic heterocycles. The predicted octanol–water partition coefficient (Wildman–Crippen LogP) is 0.859. The molecule has 0 unspecified atom stereocenters. The van der Waals surface area contributed by atoms with Crippen LogP contribution >= 0.6 is 0 Å². The number of nitrogen functional groups attached to an aromatic ring is 1. The molecule has 0 saturated heterocycles. The summed E-state index contributed by atoms with van der Waals surface area (Å²) in [6.45, 7) is 1.95. The van der Waals surface area contributed by atoms with E-state index in [-0.39, 0.29) is 0 Å². The monoisotopic (exact) mass is 162 g/mol. The van der Waals surface area contributed by atoms with Crippen LogP contribution in [0.3, 0.4) is 0 Å². The van der Waals surface area contributed by atoms with E-state index in [1.807, 2.05) is 24.6 Å². The van der Waals surface area contributed by atoms with Crippen LogP contribution in [-0.2, 0) is 7.05 Å². The molecule has 0 aliphatic carbocycles. The van der Waals surface area contributed by atoms with E-state index in [0.29, 0.717) is 5.82 Å². The largest absolute Gasteiger partial charge is 0.384 e. The summed E-state index contributed by atoms with van der Waals surface area (Å²) in [5, 5.41) is 0. The van der Waals surface area contributed by atoms with Gasteiger partial charge in [0.1, 0.15) is 17.2 Å². The van der Waals surface area contributed by atoms with Crippen LogP contribution in [0.2, 0.25) is 0 Å². The molecule has 0 atom stereocenters. The molecule has 0 bridgehead atoms. The molecule has 2 N–H and O–H groups in total. The number of pyridine rings is 1. The molecule has 0 saturated carbocycles. The fourth-order valence-electron chi connectivity index (χ4n) is 1.23. The summed E-state index contributed by atoms with van der Waals surface area (Å²) in [6.07, 6.45) is 1.69. The fourth-order valence-corrected chi connectivity index (χ4v) is 1.23. The highest BCUT2D eigenvalue weighted by Gasteiger charge is 2.03. The molecule has 0 fully saturated rings. The Bertz CT molecular complexity index is 430. The standard InChI is InChI=1S/C8H10N4/c1-5-11-6-4-10-8(9)3-7(6)12(5)2/h3-4H,1-2H3,(H2,9,10). The Morgan fingerprint density at radius 2 is 2.25 bits per heavy atom. The number of hydrogen-bond donors (Lipinski definition) is 1. The number of fused-ring (bicyclic) bond motifs is 1. The van der Waals surface area contributed by atoms with Gasteiger partial charge in [0.05, 0.1) is 11.7 Å². The van der Waals surface area contributed by atoms with Crippen LogP contribution < -0.4 is 5.73 Å². The van der Waals surface area contributed by atoms with E-state index in [9.17, 15) is 0 Å². The number of hydrogen-bond acceptors (Lipinski definition) is 3. The van der Waals surface area contributed by atoms with Crippen LogP contribution in [0.4, 0.5) is 5.82 Å². The average Bonchev–Trinajstić information content (AvgIpc) is 2.31. The molecular weight excluding hydrogens is 152 g/mol. The van der Waals surface area contributed by atoms with Gasteiger partial charge in [-0.2, -0.15) is 0 Å². The van der Waals surface area contributed by atoms with Gasteiger partial charge in [-0.25, -0.2) is 9.97 Å². The molecule has 4 nitrogen and oxygen atoms in total. The Balaban J connectivity index is 2.88. The number of imidazole rings is 1. The first-order valence-corrected chi connectivity index (χ1v) is 3.73. The zero-order chi connectivity index (χ0) is 8.72. The molecule has 62 valence electrons. The van der Waals surface area contributed by atoms with Crippen molar-refractivity contribution in [2.24, 2.45) is 7.05 Å². The first-order chi connectivity index (χ1) is 5.68. The van der Waals surface area contributed by atoms with Gasteiger partial charge in [0.2, 0.25) is 0 Å². The predicted molar refractivity (Wildman–Crippen MR) is 47.7 cm³/mol. The second kappa shape index (κ2) is 2.20. The van der Waals surface area contributed by atoms with Gasteiger partial charge in [0, 0.05) is 13.1 Å². The zero-order valence-electron chi connectivity index (χ0n) is 7.07. The van der Waals surface area contributed by atoms with Crippen molar-refractivity contribution in [3.63, 3.8) is 0 Å². The zero-order valence-corrected chi connectivity index (χ0v) is 7.07. The van der Waals surface area contributed by atoms with Gasteiger partial charge < -0.3 is 10.3 Å². The van der Waals surface area contributed by atoms with Crippen molar-refractivity contribution in [2.75, 3.05) is 5.73 Å². The Morgan fingerprint density at radius 3 is 3.00 bits per heavy atom. The molecule has 2 heterocycles. The topological polar surface area (TPSA) is 56.7 Å².